The molecule has 7 nitrogen and oxygen atoms in total. The Morgan fingerprint density at radius 1 is 1.29 bits per heavy atom. The highest BCUT2D eigenvalue weighted by molar-refractivity contribution is 6.31. The van der Waals surface area contributed by atoms with Crippen molar-refractivity contribution in [1.82, 2.24) is 14.9 Å². The van der Waals surface area contributed by atoms with E-state index in [2.05, 4.69) is 28.7 Å². The predicted molar refractivity (Wildman–Crippen MR) is 118 cm³/mol. The summed E-state index contributed by atoms with van der Waals surface area (Å²) in [6.07, 6.45) is 1.43. The number of azo groups is 2. The molecule has 0 radical (unpaired) electrons. The standard InChI is InChI=1S/C22H29ClFN6O/c1-6-31-20-15(7-16(23)19(24)18(20)14-8-29(9-14)11(2)3)13(5)30-22-17(12(4)28-30)21(25)26-10-27-22/h7,10-14H,6,8-9H2,1-5H3,(H2,25,26,27)/q+1. The molecule has 0 amide bonds. The molecular formula is C22H29ClFN6O+. The van der Waals surface area contributed by atoms with Gasteiger partial charge in [-0.25, -0.2) is 4.39 Å². The van der Waals surface area contributed by atoms with Crippen LogP contribution >= 0.6 is 11.6 Å². The van der Waals surface area contributed by atoms with E-state index in [-0.39, 0.29) is 23.0 Å². The summed E-state index contributed by atoms with van der Waals surface area (Å²) < 4.78 is 23.1. The minimum atomic E-state index is -0.395. The topological polar surface area (TPSA) is 79.6 Å². The molecule has 3 heterocycles. The molecule has 2 aliphatic rings. The van der Waals surface area contributed by atoms with Crippen LogP contribution in [0.5, 0.6) is 5.75 Å². The van der Waals surface area contributed by atoms with Crippen LogP contribution in [0.15, 0.2) is 17.5 Å². The van der Waals surface area contributed by atoms with Gasteiger partial charge in [-0.1, -0.05) is 11.6 Å². The lowest BCUT2D eigenvalue weighted by molar-refractivity contribution is -0.555. The average Bonchev–Trinajstić information content (AvgIpc) is 3.02. The lowest BCUT2D eigenvalue weighted by Crippen LogP contribution is -2.49. The molecule has 166 valence electrons. The summed E-state index contributed by atoms with van der Waals surface area (Å²) in [5.41, 5.74) is 8.21. The van der Waals surface area contributed by atoms with Gasteiger partial charge in [-0.2, -0.15) is 4.98 Å². The van der Waals surface area contributed by atoms with Crippen LogP contribution in [0, 0.1) is 5.82 Å². The van der Waals surface area contributed by atoms with Crippen molar-refractivity contribution in [3.8, 4) is 5.75 Å². The van der Waals surface area contributed by atoms with E-state index in [4.69, 9.17) is 27.2 Å². The number of rotatable bonds is 6. The second-order valence-electron chi connectivity index (χ2n) is 8.49. The van der Waals surface area contributed by atoms with Gasteiger partial charge in [0.15, 0.2) is 0 Å². The van der Waals surface area contributed by atoms with Gasteiger partial charge < -0.3 is 10.5 Å². The third-order valence-electron chi connectivity index (χ3n) is 6.22. The van der Waals surface area contributed by atoms with Gasteiger partial charge in [0.1, 0.15) is 35.0 Å². The van der Waals surface area contributed by atoms with E-state index in [1.807, 2.05) is 25.5 Å². The maximum Gasteiger partial charge on any atom is 0.354 e. The van der Waals surface area contributed by atoms with Crippen molar-refractivity contribution >= 4 is 23.2 Å². The van der Waals surface area contributed by atoms with Crippen LogP contribution in [0.4, 0.5) is 16.0 Å². The highest BCUT2D eigenvalue weighted by Crippen LogP contribution is 2.46. The van der Waals surface area contributed by atoms with Gasteiger partial charge in [0.2, 0.25) is 6.33 Å². The van der Waals surface area contributed by atoms with E-state index in [9.17, 15) is 0 Å². The molecule has 0 bridgehead atoms. The quantitative estimate of drug-likeness (QED) is 0.631. The molecule has 1 saturated heterocycles. The zero-order valence-corrected chi connectivity index (χ0v) is 19.3. The van der Waals surface area contributed by atoms with E-state index >= 15 is 4.39 Å². The zero-order valence-electron chi connectivity index (χ0n) is 18.6. The van der Waals surface area contributed by atoms with Gasteiger partial charge in [0, 0.05) is 36.2 Å². The van der Waals surface area contributed by atoms with Crippen LogP contribution in [0.1, 0.15) is 69.3 Å². The molecule has 4 rings (SSSR count). The van der Waals surface area contributed by atoms with Crippen LogP contribution in [0.25, 0.3) is 0 Å². The number of hydrogen-bond donors (Lipinski definition) is 1. The average molecular weight is 448 g/mol. The largest absolute Gasteiger partial charge is 0.493 e. The van der Waals surface area contributed by atoms with E-state index in [1.54, 1.807) is 6.07 Å². The monoisotopic (exact) mass is 447 g/mol. The maximum absolute atomic E-state index is 15.3. The molecule has 1 fully saturated rings. The van der Waals surface area contributed by atoms with E-state index in [0.29, 0.717) is 35.6 Å². The summed E-state index contributed by atoms with van der Waals surface area (Å²) >= 11 is 6.38. The number of hydrogen-bond acceptors (Lipinski definition) is 6. The number of anilines is 1. The third kappa shape index (κ3) is 3.65. The first kappa shape index (κ1) is 21.9. The lowest BCUT2D eigenvalue weighted by atomic mass is 9.87. The van der Waals surface area contributed by atoms with Crippen molar-refractivity contribution in [2.45, 2.75) is 58.7 Å². The first-order valence-electron chi connectivity index (χ1n) is 10.7. The number of nitrogen functional groups attached to an aromatic ring is 1. The highest BCUT2D eigenvalue weighted by atomic mass is 35.5. The zero-order chi connectivity index (χ0) is 22.4. The third-order valence-corrected chi connectivity index (χ3v) is 6.49. The number of nitrogens with zero attached hydrogens (tertiary/aromatic N) is 5. The van der Waals surface area contributed by atoms with Crippen molar-refractivity contribution in [3.63, 3.8) is 0 Å². The summed E-state index contributed by atoms with van der Waals surface area (Å²) in [4.78, 5) is 10.8. The maximum atomic E-state index is 15.3. The fraction of sp³-hybridized carbons (Fsp3) is 0.545. The molecular weight excluding hydrogens is 419 g/mol. The van der Waals surface area contributed by atoms with E-state index in [1.165, 1.54) is 6.33 Å². The molecule has 2 unspecified atom stereocenters. The Bertz CT molecular complexity index is 1040. The number of fused-ring (bicyclic) bond motifs is 1. The number of halogens is 2. The first-order valence-corrected chi connectivity index (χ1v) is 11.1. The first-order chi connectivity index (χ1) is 14.7. The Labute approximate surface area is 187 Å². The number of benzene rings is 1. The predicted octanol–water partition coefficient (Wildman–Crippen LogP) is 4.99. The van der Waals surface area contributed by atoms with Crippen molar-refractivity contribution in [1.29, 1.82) is 0 Å². The Morgan fingerprint density at radius 2 is 2.00 bits per heavy atom. The van der Waals surface area contributed by atoms with Gasteiger partial charge in [-0.3, -0.25) is 4.90 Å². The summed E-state index contributed by atoms with van der Waals surface area (Å²) in [6.45, 7) is 12.1. The van der Waals surface area contributed by atoms with Crippen LogP contribution in [0.2, 0.25) is 5.02 Å². The van der Waals surface area contributed by atoms with Crippen molar-refractivity contribution in [2.24, 2.45) is 5.11 Å². The molecule has 2 atom stereocenters. The van der Waals surface area contributed by atoms with Gasteiger partial charge in [-0.15, -0.1) is 9.81 Å². The molecule has 2 aromatic rings. The normalized spacial score (nSPS) is 19.9. The van der Waals surface area contributed by atoms with E-state index < -0.39 is 5.82 Å². The smallest absolute Gasteiger partial charge is 0.354 e. The summed E-state index contributed by atoms with van der Waals surface area (Å²) in [5, 5.41) is 4.84. The summed E-state index contributed by atoms with van der Waals surface area (Å²) in [7, 11) is 0. The van der Waals surface area contributed by atoms with Crippen molar-refractivity contribution in [3.05, 3.63) is 39.9 Å². The fourth-order valence-corrected chi connectivity index (χ4v) is 4.66. The van der Waals surface area contributed by atoms with Crippen LogP contribution in [0.3, 0.4) is 0 Å². The molecule has 0 saturated carbocycles. The number of ether oxygens (including phenoxy) is 1. The molecule has 31 heavy (non-hydrogen) atoms. The number of likely N-dealkylation sites (tertiary alicyclic amines) is 1. The van der Waals surface area contributed by atoms with Gasteiger partial charge >= 0.3 is 5.82 Å². The Morgan fingerprint density at radius 3 is 2.65 bits per heavy atom. The summed E-state index contributed by atoms with van der Waals surface area (Å²) in [5.74, 6) is 1.28. The second-order valence-corrected chi connectivity index (χ2v) is 8.90. The summed E-state index contributed by atoms with van der Waals surface area (Å²) in [6, 6.07) is 1.62. The fourth-order valence-electron chi connectivity index (χ4n) is 4.44. The Hall–Kier alpha value is -2.32. The van der Waals surface area contributed by atoms with Gasteiger partial charge in [0.25, 0.3) is 0 Å². The highest BCUT2D eigenvalue weighted by Gasteiger charge is 2.40. The minimum Gasteiger partial charge on any atom is -0.493 e. The van der Waals surface area contributed by atoms with Crippen LogP contribution < -0.4 is 10.5 Å². The van der Waals surface area contributed by atoms with Crippen LogP contribution in [-0.2, 0) is 0 Å². The number of aromatic nitrogens is 2. The Kier molecular flexibility index (Phi) is 5.87. The molecule has 2 aliphatic heterocycles. The van der Waals surface area contributed by atoms with Crippen molar-refractivity contribution in [2.75, 3.05) is 25.4 Å². The number of nitrogens with two attached hydrogens (primary N) is 1. The van der Waals surface area contributed by atoms with Gasteiger partial charge in [-0.05, 0) is 45.7 Å². The van der Waals surface area contributed by atoms with Crippen LogP contribution in [-0.4, -0.2) is 45.3 Å². The molecule has 1 aromatic carbocycles. The SMILES string of the molecule is CCOc1c(C(C)[N+]2=NC(C)c3c(N)ncnc32)cc(Cl)c(F)c1C1CN(C(C)C)C1. The van der Waals surface area contributed by atoms with E-state index in [0.717, 1.165) is 24.2 Å². The second kappa shape index (κ2) is 8.31. The van der Waals surface area contributed by atoms with Crippen molar-refractivity contribution < 1.29 is 13.8 Å². The lowest BCUT2D eigenvalue weighted by Gasteiger charge is -2.43. The Balaban J connectivity index is 1.79. The molecule has 0 aliphatic carbocycles. The molecule has 2 N–H and O–H groups in total. The molecule has 1 aromatic heterocycles. The minimum absolute atomic E-state index is 0.0355. The molecule has 9 heteroatoms. The molecule has 0 spiro atoms. The van der Waals surface area contributed by atoms with Gasteiger partial charge in [0.05, 0.1) is 11.6 Å².